The van der Waals surface area contributed by atoms with Gasteiger partial charge in [-0.1, -0.05) is 71.6 Å². The number of rotatable bonds is 7. The van der Waals surface area contributed by atoms with E-state index in [1.54, 1.807) is 6.08 Å². The molecular formula is C18H20BrN2+. The summed E-state index contributed by atoms with van der Waals surface area (Å²) in [5, 5.41) is 0.900. The van der Waals surface area contributed by atoms with Gasteiger partial charge in [0.05, 0.1) is 0 Å². The van der Waals surface area contributed by atoms with E-state index in [2.05, 4.69) is 81.2 Å². The highest BCUT2D eigenvalue weighted by molar-refractivity contribution is 9.08. The number of hydrogen-bond donors (Lipinski definition) is 0. The highest BCUT2D eigenvalue weighted by atomic mass is 79.9. The Bertz CT molecular complexity index is 635. The predicted molar refractivity (Wildman–Crippen MR) is 91.3 cm³/mol. The van der Waals surface area contributed by atoms with E-state index in [4.69, 9.17) is 0 Å². The lowest BCUT2D eigenvalue weighted by molar-refractivity contribution is -0.687. The van der Waals surface area contributed by atoms with Crippen LogP contribution in [0, 0.1) is 0 Å². The lowest BCUT2D eigenvalue weighted by Crippen LogP contribution is -2.31. The van der Waals surface area contributed by atoms with Crippen LogP contribution in [-0.2, 0) is 18.4 Å². The van der Waals surface area contributed by atoms with Gasteiger partial charge in [0.25, 0.3) is 0 Å². The van der Waals surface area contributed by atoms with Crippen molar-refractivity contribution >= 4 is 15.9 Å². The molecule has 0 N–H and O–H groups in total. The molecule has 2 nitrogen and oxygen atoms in total. The highest BCUT2D eigenvalue weighted by Gasteiger charge is 2.05. The molecule has 0 aliphatic heterocycles. The second-order valence-electron chi connectivity index (χ2n) is 4.89. The molecule has 0 unspecified atom stereocenters. The summed E-state index contributed by atoms with van der Waals surface area (Å²) in [6.07, 6.45) is 11.9. The van der Waals surface area contributed by atoms with Crippen molar-refractivity contribution in [2.24, 2.45) is 0 Å². The average Bonchev–Trinajstić information content (AvgIpc) is 2.94. The first-order chi connectivity index (χ1) is 10.2. The van der Waals surface area contributed by atoms with Crippen LogP contribution in [0.4, 0.5) is 0 Å². The van der Waals surface area contributed by atoms with E-state index < -0.39 is 0 Å². The van der Waals surface area contributed by atoms with Gasteiger partial charge in [0.15, 0.2) is 0 Å². The fraction of sp³-hybridized carbons (Fsp3) is 0.167. The Morgan fingerprint density at radius 2 is 1.90 bits per heavy atom. The molecule has 0 spiro atoms. The minimum Gasteiger partial charge on any atom is -0.233 e. The number of imidazole rings is 1. The van der Waals surface area contributed by atoms with Gasteiger partial charge >= 0.3 is 0 Å². The third kappa shape index (κ3) is 4.57. The summed E-state index contributed by atoms with van der Waals surface area (Å²) in [7, 11) is 0. The van der Waals surface area contributed by atoms with Gasteiger partial charge in [-0.2, -0.15) is 0 Å². The van der Waals surface area contributed by atoms with Gasteiger partial charge in [-0.15, -0.1) is 0 Å². The molecule has 1 aromatic heterocycles. The van der Waals surface area contributed by atoms with Gasteiger partial charge in [0.1, 0.15) is 25.5 Å². The predicted octanol–water partition coefficient (Wildman–Crippen LogP) is 4.02. The van der Waals surface area contributed by atoms with Crippen LogP contribution in [0.5, 0.6) is 0 Å². The van der Waals surface area contributed by atoms with Crippen molar-refractivity contribution in [3.63, 3.8) is 0 Å². The van der Waals surface area contributed by atoms with Gasteiger partial charge in [-0.25, -0.2) is 9.13 Å². The molecule has 3 heteroatoms. The smallest absolute Gasteiger partial charge is 0.233 e. The fourth-order valence-electron chi connectivity index (χ4n) is 2.12. The second kappa shape index (κ2) is 7.79. The van der Waals surface area contributed by atoms with Gasteiger partial charge in [-0.05, 0) is 16.7 Å². The summed E-state index contributed by atoms with van der Waals surface area (Å²) in [5.74, 6) is 0. The van der Waals surface area contributed by atoms with Crippen molar-refractivity contribution in [2.45, 2.75) is 18.4 Å². The maximum absolute atomic E-state index is 3.83. The number of nitrogens with zero attached hydrogens (tertiary/aromatic N) is 2. The van der Waals surface area contributed by atoms with Crippen LogP contribution in [-0.4, -0.2) is 4.57 Å². The molecule has 21 heavy (non-hydrogen) atoms. The zero-order chi connectivity index (χ0) is 15.1. The van der Waals surface area contributed by atoms with Crippen LogP contribution >= 0.6 is 15.9 Å². The third-order valence-corrected chi connectivity index (χ3v) is 3.90. The molecule has 2 aromatic rings. The third-order valence-electron chi connectivity index (χ3n) is 3.25. The first-order valence-corrected chi connectivity index (χ1v) is 8.00. The van der Waals surface area contributed by atoms with Gasteiger partial charge in [0.2, 0.25) is 6.33 Å². The summed E-state index contributed by atoms with van der Waals surface area (Å²) >= 11 is 3.47. The molecule has 0 atom stereocenters. The van der Waals surface area contributed by atoms with E-state index in [0.29, 0.717) is 0 Å². The molecule has 0 aliphatic carbocycles. The first kappa shape index (κ1) is 15.5. The summed E-state index contributed by atoms with van der Waals surface area (Å²) < 4.78 is 4.32. The Kier molecular flexibility index (Phi) is 5.76. The van der Waals surface area contributed by atoms with Crippen molar-refractivity contribution in [1.82, 2.24) is 4.57 Å². The first-order valence-electron chi connectivity index (χ1n) is 6.88. The molecule has 0 radical (unpaired) electrons. The van der Waals surface area contributed by atoms with Crippen molar-refractivity contribution in [3.8, 4) is 0 Å². The Balaban J connectivity index is 2.03. The maximum Gasteiger partial charge on any atom is 0.244 e. The largest absolute Gasteiger partial charge is 0.244 e. The van der Waals surface area contributed by atoms with Crippen LogP contribution in [0.15, 0.2) is 79.9 Å². The molecule has 0 saturated heterocycles. The monoisotopic (exact) mass is 343 g/mol. The Hall–Kier alpha value is -1.87. The standard InChI is InChI=1S/C18H20BrN2/c1-3-5-16(4-2)13-20-10-11-21(15-20)14-18-8-6-17(12-19)7-9-18/h3-11,15H,1-2,12-14H2/q+1/b16-5+. The Morgan fingerprint density at radius 1 is 1.19 bits per heavy atom. The van der Waals surface area contributed by atoms with Crippen LogP contribution in [0.25, 0.3) is 0 Å². The summed E-state index contributed by atoms with van der Waals surface area (Å²) in [6, 6.07) is 8.66. The topological polar surface area (TPSA) is 8.81 Å². The van der Waals surface area contributed by atoms with Crippen LogP contribution in [0.3, 0.4) is 0 Å². The van der Waals surface area contributed by atoms with Crippen molar-refractivity contribution in [2.75, 3.05) is 0 Å². The maximum atomic E-state index is 3.83. The van der Waals surface area contributed by atoms with E-state index in [-0.39, 0.29) is 0 Å². The van der Waals surface area contributed by atoms with Crippen LogP contribution in [0.1, 0.15) is 11.1 Å². The summed E-state index contributed by atoms with van der Waals surface area (Å²) in [6.45, 7) is 9.24. The molecule has 0 aliphatic rings. The lowest BCUT2D eigenvalue weighted by Gasteiger charge is -2.00. The number of aromatic nitrogens is 2. The molecule has 0 fully saturated rings. The van der Waals surface area contributed by atoms with E-state index >= 15 is 0 Å². The number of alkyl halides is 1. The molecule has 2 rings (SSSR count). The highest BCUT2D eigenvalue weighted by Crippen LogP contribution is 2.08. The Labute approximate surface area is 134 Å². The summed E-state index contributed by atoms with van der Waals surface area (Å²) in [5.41, 5.74) is 3.74. The second-order valence-corrected chi connectivity index (χ2v) is 5.45. The zero-order valence-corrected chi connectivity index (χ0v) is 13.7. The molecule has 0 amide bonds. The van der Waals surface area contributed by atoms with Gasteiger partial charge in [0, 0.05) is 5.33 Å². The van der Waals surface area contributed by atoms with Crippen LogP contribution in [0.2, 0.25) is 0 Å². The minimum absolute atomic E-state index is 0.811. The number of hydrogen-bond acceptors (Lipinski definition) is 0. The molecule has 1 aromatic carbocycles. The number of halogens is 1. The quantitative estimate of drug-likeness (QED) is 0.408. The van der Waals surface area contributed by atoms with E-state index in [0.717, 1.165) is 24.0 Å². The lowest BCUT2D eigenvalue weighted by atomic mass is 10.1. The minimum atomic E-state index is 0.811. The molecule has 1 heterocycles. The van der Waals surface area contributed by atoms with Gasteiger partial charge < -0.3 is 0 Å². The van der Waals surface area contributed by atoms with Crippen LogP contribution < -0.4 is 4.57 Å². The van der Waals surface area contributed by atoms with Crippen molar-refractivity contribution in [3.05, 3.63) is 91.1 Å². The Morgan fingerprint density at radius 3 is 2.52 bits per heavy atom. The van der Waals surface area contributed by atoms with E-state index in [1.807, 2.05) is 12.2 Å². The molecule has 0 bridgehead atoms. The van der Waals surface area contributed by atoms with E-state index in [1.165, 1.54) is 11.1 Å². The number of allylic oxidation sites excluding steroid dienone is 4. The zero-order valence-electron chi connectivity index (χ0n) is 12.1. The number of benzene rings is 1. The fourth-order valence-corrected chi connectivity index (χ4v) is 2.49. The van der Waals surface area contributed by atoms with Gasteiger partial charge in [-0.3, -0.25) is 0 Å². The molecular weight excluding hydrogens is 324 g/mol. The average molecular weight is 344 g/mol. The van der Waals surface area contributed by atoms with Crippen molar-refractivity contribution in [1.29, 1.82) is 0 Å². The normalized spacial score (nSPS) is 11.4. The summed E-state index contributed by atoms with van der Waals surface area (Å²) in [4.78, 5) is 0. The van der Waals surface area contributed by atoms with E-state index in [9.17, 15) is 0 Å². The molecule has 108 valence electrons. The van der Waals surface area contributed by atoms with Crippen molar-refractivity contribution < 1.29 is 4.57 Å². The molecule has 0 saturated carbocycles. The SMILES string of the molecule is C=C/C=C(\C=C)Cn1cc[n+](Cc2ccc(CBr)cc2)c1.